The summed E-state index contributed by atoms with van der Waals surface area (Å²) in [6.45, 7) is 0. The molecule has 0 fully saturated rings. The number of para-hydroxylation sites is 1. The maximum absolute atomic E-state index is 6.05. The Morgan fingerprint density at radius 2 is 1.68 bits per heavy atom. The van der Waals surface area contributed by atoms with Gasteiger partial charge in [-0.05, 0) is 36.5 Å². The molecule has 3 N–H and O–H groups in total. The second-order valence-corrected chi connectivity index (χ2v) is 4.86. The Bertz CT molecular complexity index is 575. The molecule has 0 aromatic heterocycles. The molecule has 0 bridgehead atoms. The second-order valence-electron chi connectivity index (χ2n) is 3.67. The van der Waals surface area contributed by atoms with Crippen LogP contribution in [-0.4, -0.2) is 5.11 Å². The topological polar surface area (TPSA) is 36.1 Å². The van der Waals surface area contributed by atoms with Gasteiger partial charge in [-0.15, -0.1) is 0 Å². The Hall–Kier alpha value is -1.49. The first-order valence-electron chi connectivity index (χ1n) is 5.49. The molecular weight excluding hydrogens is 301 g/mol. The van der Waals surface area contributed by atoms with Gasteiger partial charge in [0, 0.05) is 0 Å². The minimum Gasteiger partial charge on any atom is -0.330 e. The number of rotatable bonds is 3. The second kappa shape index (κ2) is 6.61. The molecule has 2 aromatic rings. The number of hydrogen-bond acceptors (Lipinski definition) is 2. The van der Waals surface area contributed by atoms with Crippen molar-refractivity contribution < 1.29 is 0 Å². The summed E-state index contributed by atoms with van der Waals surface area (Å²) in [7, 11) is 0. The Morgan fingerprint density at radius 3 is 2.42 bits per heavy atom. The molecular formula is C13H11Cl2N3S. The molecule has 0 amide bonds. The van der Waals surface area contributed by atoms with Crippen LogP contribution in [0.3, 0.4) is 0 Å². The first kappa shape index (κ1) is 13.9. The molecule has 0 aliphatic carbocycles. The Morgan fingerprint density at radius 1 is 0.947 bits per heavy atom. The third-order valence-corrected chi connectivity index (χ3v) is 3.32. The van der Waals surface area contributed by atoms with Crippen molar-refractivity contribution in [3.05, 3.63) is 58.6 Å². The Kier molecular flexibility index (Phi) is 4.85. The Labute approximate surface area is 126 Å². The lowest BCUT2D eigenvalue weighted by atomic mass is 10.3. The lowest BCUT2D eigenvalue weighted by Crippen LogP contribution is -2.33. The fraction of sp³-hybridized carbons (Fsp3) is 0. The van der Waals surface area contributed by atoms with Crippen molar-refractivity contribution in [1.82, 2.24) is 5.43 Å². The number of anilines is 2. The molecule has 0 unspecified atom stereocenters. The lowest BCUT2D eigenvalue weighted by molar-refractivity contribution is 1.14. The van der Waals surface area contributed by atoms with Crippen molar-refractivity contribution >= 4 is 51.9 Å². The molecule has 0 aliphatic rings. The summed E-state index contributed by atoms with van der Waals surface area (Å²) >= 11 is 17.1. The zero-order chi connectivity index (χ0) is 13.7. The van der Waals surface area contributed by atoms with Crippen LogP contribution < -0.4 is 16.2 Å². The Balaban J connectivity index is 1.93. The van der Waals surface area contributed by atoms with Gasteiger partial charge >= 0.3 is 0 Å². The van der Waals surface area contributed by atoms with Crippen molar-refractivity contribution in [2.24, 2.45) is 0 Å². The summed E-state index contributed by atoms with van der Waals surface area (Å²) in [5.41, 5.74) is 7.39. The molecule has 0 saturated carbocycles. The highest BCUT2D eigenvalue weighted by Crippen LogP contribution is 2.29. The van der Waals surface area contributed by atoms with E-state index in [-0.39, 0.29) is 0 Å². The third kappa shape index (κ3) is 3.99. The molecule has 0 saturated heterocycles. The van der Waals surface area contributed by atoms with Gasteiger partial charge in [0.1, 0.15) is 0 Å². The smallest absolute Gasteiger partial charge is 0.189 e. The van der Waals surface area contributed by atoms with Crippen LogP contribution in [0, 0.1) is 0 Å². The predicted molar refractivity (Wildman–Crippen MR) is 85.9 cm³/mol. The van der Waals surface area contributed by atoms with E-state index in [1.807, 2.05) is 30.3 Å². The lowest BCUT2D eigenvalue weighted by Gasteiger charge is -2.13. The number of hydrazine groups is 1. The number of nitrogens with one attached hydrogen (secondary N) is 3. The molecule has 6 heteroatoms. The van der Waals surface area contributed by atoms with E-state index in [1.54, 1.807) is 18.2 Å². The van der Waals surface area contributed by atoms with E-state index in [1.165, 1.54) is 0 Å². The van der Waals surface area contributed by atoms with Gasteiger partial charge in [-0.3, -0.25) is 10.9 Å². The average molecular weight is 312 g/mol. The van der Waals surface area contributed by atoms with E-state index < -0.39 is 0 Å². The van der Waals surface area contributed by atoms with Gasteiger partial charge in [0.05, 0.1) is 21.4 Å². The fourth-order valence-electron chi connectivity index (χ4n) is 1.40. The van der Waals surface area contributed by atoms with Crippen LogP contribution in [0.4, 0.5) is 11.4 Å². The zero-order valence-electron chi connectivity index (χ0n) is 9.78. The first-order chi connectivity index (χ1) is 9.16. The number of hydrogen-bond donors (Lipinski definition) is 3. The minimum absolute atomic E-state index is 0.396. The van der Waals surface area contributed by atoms with Crippen molar-refractivity contribution in [1.29, 1.82) is 0 Å². The van der Waals surface area contributed by atoms with Gasteiger partial charge in [-0.2, -0.15) is 0 Å². The summed E-state index contributed by atoms with van der Waals surface area (Å²) in [4.78, 5) is 0. The number of benzene rings is 2. The largest absolute Gasteiger partial charge is 0.330 e. The van der Waals surface area contributed by atoms with E-state index in [0.29, 0.717) is 20.8 Å². The first-order valence-corrected chi connectivity index (χ1v) is 6.65. The fourth-order valence-corrected chi connectivity index (χ4v) is 1.91. The van der Waals surface area contributed by atoms with Crippen molar-refractivity contribution in [2.75, 3.05) is 10.7 Å². The molecule has 0 spiro atoms. The molecule has 0 aliphatic heterocycles. The molecule has 98 valence electrons. The quantitative estimate of drug-likeness (QED) is 0.583. The molecule has 0 atom stereocenters. The monoisotopic (exact) mass is 311 g/mol. The predicted octanol–water partition coefficient (Wildman–Crippen LogP) is 4.31. The van der Waals surface area contributed by atoms with Crippen LogP contribution in [0.25, 0.3) is 0 Å². The number of thiocarbonyl (C=S) groups is 1. The summed E-state index contributed by atoms with van der Waals surface area (Å²) < 4.78 is 0. The van der Waals surface area contributed by atoms with E-state index in [4.69, 9.17) is 35.4 Å². The van der Waals surface area contributed by atoms with Crippen LogP contribution in [0.5, 0.6) is 0 Å². The van der Waals surface area contributed by atoms with E-state index >= 15 is 0 Å². The van der Waals surface area contributed by atoms with Crippen LogP contribution >= 0.6 is 35.4 Å². The normalized spacial score (nSPS) is 9.79. The number of halogens is 2. The van der Waals surface area contributed by atoms with Crippen molar-refractivity contribution in [3.8, 4) is 0 Å². The highest BCUT2D eigenvalue weighted by molar-refractivity contribution is 7.80. The van der Waals surface area contributed by atoms with Gasteiger partial charge in [0.2, 0.25) is 0 Å². The highest BCUT2D eigenvalue weighted by atomic mass is 35.5. The molecule has 0 heterocycles. The van der Waals surface area contributed by atoms with Gasteiger partial charge in [0.15, 0.2) is 5.11 Å². The van der Waals surface area contributed by atoms with E-state index in [9.17, 15) is 0 Å². The van der Waals surface area contributed by atoms with Crippen molar-refractivity contribution in [3.63, 3.8) is 0 Å². The van der Waals surface area contributed by atoms with Crippen molar-refractivity contribution in [2.45, 2.75) is 0 Å². The maximum Gasteiger partial charge on any atom is 0.189 e. The summed E-state index contributed by atoms with van der Waals surface area (Å²) in [5, 5.41) is 4.27. The van der Waals surface area contributed by atoms with Crippen LogP contribution in [0.15, 0.2) is 48.5 Å². The van der Waals surface area contributed by atoms with Gasteiger partial charge in [0.25, 0.3) is 0 Å². The maximum atomic E-state index is 6.05. The van der Waals surface area contributed by atoms with Crippen LogP contribution in [0.1, 0.15) is 0 Å². The summed E-state index contributed by atoms with van der Waals surface area (Å²) in [6, 6.07) is 14.9. The van der Waals surface area contributed by atoms with Crippen LogP contribution in [0.2, 0.25) is 10.0 Å². The average Bonchev–Trinajstić information content (AvgIpc) is 2.43. The standard InChI is InChI=1S/C13H11Cl2N3S/c14-10-7-4-8-11(12(10)15)16-13(19)18-17-9-5-2-1-3-6-9/h1-8,17H,(H2,16,18,19). The summed E-state index contributed by atoms with van der Waals surface area (Å²) in [5.74, 6) is 0. The molecule has 0 radical (unpaired) electrons. The molecule has 2 rings (SSSR count). The third-order valence-electron chi connectivity index (χ3n) is 2.29. The summed E-state index contributed by atoms with van der Waals surface area (Å²) in [6.07, 6.45) is 0. The van der Waals surface area contributed by atoms with Gasteiger partial charge in [-0.25, -0.2) is 0 Å². The van der Waals surface area contributed by atoms with Crippen LogP contribution in [-0.2, 0) is 0 Å². The minimum atomic E-state index is 0.396. The molecule has 3 nitrogen and oxygen atoms in total. The van der Waals surface area contributed by atoms with Gasteiger partial charge < -0.3 is 5.32 Å². The molecule has 2 aromatic carbocycles. The highest BCUT2D eigenvalue weighted by Gasteiger charge is 2.05. The molecule has 19 heavy (non-hydrogen) atoms. The zero-order valence-corrected chi connectivity index (χ0v) is 12.1. The SMILES string of the molecule is S=C(NNc1ccccc1)Nc1cccc(Cl)c1Cl. The van der Waals surface area contributed by atoms with E-state index in [0.717, 1.165) is 5.69 Å². The van der Waals surface area contributed by atoms with Gasteiger partial charge in [-0.1, -0.05) is 47.5 Å². The van der Waals surface area contributed by atoms with E-state index in [2.05, 4.69) is 16.2 Å².